The van der Waals surface area contributed by atoms with Gasteiger partial charge in [0.25, 0.3) is 5.56 Å². The summed E-state index contributed by atoms with van der Waals surface area (Å²) in [5.41, 5.74) is 0.540. The van der Waals surface area contributed by atoms with Crippen LogP contribution in [0.25, 0.3) is 10.1 Å². The highest BCUT2D eigenvalue weighted by molar-refractivity contribution is 7.13. The van der Waals surface area contributed by atoms with E-state index in [1.165, 1.54) is 14.7 Å². The Morgan fingerprint density at radius 2 is 1.74 bits per heavy atom. The van der Waals surface area contributed by atoms with Gasteiger partial charge in [-0.25, -0.2) is 4.79 Å². The Hall–Kier alpha value is -2.49. The first-order valence-electron chi connectivity index (χ1n) is 12.4. The second-order valence-electron chi connectivity index (χ2n) is 9.66. The molecule has 1 fully saturated rings. The maximum Gasteiger partial charge on any atom is 0.331 e. The topological polar surface area (TPSA) is 66.6 Å². The van der Waals surface area contributed by atoms with Crippen molar-refractivity contribution in [2.75, 3.05) is 44.2 Å². The van der Waals surface area contributed by atoms with Gasteiger partial charge < -0.3 is 4.90 Å². The number of unbranched alkanes of at least 4 members (excludes halogenated alkanes) is 1. The Morgan fingerprint density at radius 1 is 0.971 bits per heavy atom. The summed E-state index contributed by atoms with van der Waals surface area (Å²) in [7, 11) is 0. The van der Waals surface area contributed by atoms with Crippen molar-refractivity contribution in [1.82, 2.24) is 23.3 Å². The molecule has 1 saturated heterocycles. The van der Waals surface area contributed by atoms with E-state index in [0.717, 1.165) is 63.6 Å². The van der Waals surface area contributed by atoms with E-state index in [-0.39, 0.29) is 11.2 Å². The van der Waals surface area contributed by atoms with Crippen LogP contribution < -0.4 is 16.1 Å². The first-order chi connectivity index (χ1) is 16.5. The van der Waals surface area contributed by atoms with Crippen LogP contribution in [0.1, 0.15) is 32.4 Å². The number of nitrogens with zero attached hydrogens (tertiary/aromatic N) is 6. The van der Waals surface area contributed by atoms with Crippen LogP contribution in [-0.2, 0) is 19.6 Å². The molecule has 2 aliphatic heterocycles. The third-order valence-corrected chi connectivity index (χ3v) is 8.02. The van der Waals surface area contributed by atoms with Crippen LogP contribution in [0, 0.1) is 0 Å². The normalized spacial score (nSPS) is 17.6. The molecule has 8 nitrogen and oxygen atoms in total. The molecule has 2 aromatic heterocycles. The van der Waals surface area contributed by atoms with Gasteiger partial charge in [0.2, 0.25) is 0 Å². The van der Waals surface area contributed by atoms with E-state index < -0.39 is 0 Å². The highest BCUT2D eigenvalue weighted by Crippen LogP contribution is 2.29. The Bertz CT molecular complexity index is 1250. The van der Waals surface area contributed by atoms with Crippen LogP contribution in [0.2, 0.25) is 0 Å². The quantitative estimate of drug-likeness (QED) is 0.482. The number of rotatable bonds is 7. The molecule has 0 unspecified atom stereocenters. The van der Waals surface area contributed by atoms with Crippen molar-refractivity contribution in [3.05, 3.63) is 56.9 Å². The second-order valence-corrected chi connectivity index (χ2v) is 10.5. The fourth-order valence-electron chi connectivity index (χ4n) is 5.08. The molecule has 2 aliphatic rings. The van der Waals surface area contributed by atoms with Gasteiger partial charge >= 0.3 is 5.69 Å². The Labute approximate surface area is 204 Å². The van der Waals surface area contributed by atoms with E-state index in [0.29, 0.717) is 25.7 Å². The molecule has 1 aromatic carbocycles. The summed E-state index contributed by atoms with van der Waals surface area (Å²) in [6.45, 7) is 12.0. The van der Waals surface area contributed by atoms with Crippen molar-refractivity contribution < 1.29 is 0 Å². The summed E-state index contributed by atoms with van der Waals surface area (Å²) in [5, 5.41) is 1.25. The monoisotopic (exact) mass is 482 g/mol. The van der Waals surface area contributed by atoms with Gasteiger partial charge in [-0.05, 0) is 56.9 Å². The average Bonchev–Trinajstić information content (AvgIpc) is 3.27. The minimum Gasteiger partial charge on any atom is -0.353 e. The molecule has 5 rings (SSSR count). The molecule has 34 heavy (non-hydrogen) atoms. The van der Waals surface area contributed by atoms with E-state index in [1.807, 2.05) is 0 Å². The zero-order chi connectivity index (χ0) is 23.7. The number of benzene rings is 1. The Balaban J connectivity index is 1.12. The number of anilines is 1. The SMILES string of the molecule is CC(C)N1CCn2c(cc(=O)n(CCCCN3CCN(c4nsc5ccccc45)CC3)c2=O)C1. The molecular weight excluding hydrogens is 448 g/mol. The molecule has 4 heterocycles. The highest BCUT2D eigenvalue weighted by atomic mass is 32.1. The predicted molar refractivity (Wildman–Crippen MR) is 138 cm³/mol. The minimum absolute atomic E-state index is 0.144. The maximum absolute atomic E-state index is 12.9. The largest absolute Gasteiger partial charge is 0.353 e. The smallest absolute Gasteiger partial charge is 0.331 e. The molecule has 0 spiro atoms. The van der Waals surface area contributed by atoms with E-state index >= 15 is 0 Å². The summed E-state index contributed by atoms with van der Waals surface area (Å²) in [6, 6.07) is 10.5. The van der Waals surface area contributed by atoms with Crippen LogP contribution in [0.4, 0.5) is 5.82 Å². The van der Waals surface area contributed by atoms with Gasteiger partial charge in [-0.3, -0.25) is 23.7 Å². The van der Waals surface area contributed by atoms with Crippen LogP contribution in [-0.4, -0.2) is 68.6 Å². The highest BCUT2D eigenvalue weighted by Gasteiger charge is 2.22. The molecule has 0 aliphatic carbocycles. The molecule has 0 radical (unpaired) electrons. The van der Waals surface area contributed by atoms with Crippen molar-refractivity contribution in [3.63, 3.8) is 0 Å². The molecule has 0 N–H and O–H groups in total. The van der Waals surface area contributed by atoms with E-state index in [9.17, 15) is 9.59 Å². The fourth-order valence-corrected chi connectivity index (χ4v) is 5.88. The van der Waals surface area contributed by atoms with Crippen LogP contribution in [0.5, 0.6) is 0 Å². The maximum atomic E-state index is 12.9. The minimum atomic E-state index is -0.161. The second kappa shape index (κ2) is 10.0. The lowest BCUT2D eigenvalue weighted by Gasteiger charge is -2.35. The van der Waals surface area contributed by atoms with Crippen molar-refractivity contribution >= 4 is 27.4 Å². The first kappa shape index (κ1) is 23.3. The van der Waals surface area contributed by atoms with Gasteiger partial charge in [0.05, 0.1) is 4.70 Å². The lowest BCUT2D eigenvalue weighted by molar-refractivity contribution is 0.171. The van der Waals surface area contributed by atoms with E-state index in [4.69, 9.17) is 4.37 Å². The van der Waals surface area contributed by atoms with Gasteiger partial charge in [0.15, 0.2) is 0 Å². The standard InChI is InChI=1S/C25H34N6O2S/c1-19(2)29-15-16-30-20(18-29)17-23(32)31(25(30)33)10-6-5-9-27-11-13-28(14-12-27)24-21-7-3-4-8-22(21)34-26-24/h3-4,7-8,17,19H,5-6,9-16,18H2,1-2H3. The summed E-state index contributed by atoms with van der Waals surface area (Å²) >= 11 is 1.57. The van der Waals surface area contributed by atoms with Gasteiger partial charge in [0, 0.05) is 75.5 Å². The molecule has 3 aromatic rings. The molecule has 0 bridgehead atoms. The van der Waals surface area contributed by atoms with Gasteiger partial charge in [-0.2, -0.15) is 4.37 Å². The number of hydrogen-bond acceptors (Lipinski definition) is 7. The molecule has 182 valence electrons. The first-order valence-corrected chi connectivity index (χ1v) is 13.2. The molecular formula is C25H34N6O2S. The number of aromatic nitrogens is 3. The lowest BCUT2D eigenvalue weighted by Crippen LogP contribution is -2.48. The zero-order valence-electron chi connectivity index (χ0n) is 20.2. The predicted octanol–water partition coefficient (Wildman–Crippen LogP) is 2.45. The van der Waals surface area contributed by atoms with Crippen molar-refractivity contribution in [1.29, 1.82) is 0 Å². The molecule has 0 amide bonds. The zero-order valence-corrected chi connectivity index (χ0v) is 21.0. The Kier molecular flexibility index (Phi) is 6.85. The van der Waals surface area contributed by atoms with Gasteiger partial charge in [0.1, 0.15) is 5.82 Å². The Morgan fingerprint density at radius 3 is 2.53 bits per heavy atom. The molecule has 0 saturated carbocycles. The van der Waals surface area contributed by atoms with Crippen molar-refractivity contribution in [3.8, 4) is 0 Å². The van der Waals surface area contributed by atoms with Crippen LogP contribution >= 0.6 is 11.5 Å². The number of hydrogen-bond donors (Lipinski definition) is 0. The van der Waals surface area contributed by atoms with E-state index in [1.54, 1.807) is 22.2 Å². The van der Waals surface area contributed by atoms with Crippen molar-refractivity contribution in [2.45, 2.75) is 52.4 Å². The summed E-state index contributed by atoms with van der Waals surface area (Å²) in [5.74, 6) is 1.11. The summed E-state index contributed by atoms with van der Waals surface area (Å²) < 4.78 is 9.16. The van der Waals surface area contributed by atoms with Crippen LogP contribution in [0.15, 0.2) is 39.9 Å². The lowest BCUT2D eigenvalue weighted by atomic mass is 10.2. The van der Waals surface area contributed by atoms with Gasteiger partial charge in [-0.1, -0.05) is 12.1 Å². The molecule has 0 atom stereocenters. The fraction of sp³-hybridized carbons (Fsp3) is 0.560. The number of fused-ring (bicyclic) bond motifs is 2. The summed E-state index contributed by atoms with van der Waals surface area (Å²) in [6.07, 6.45) is 1.82. The summed E-state index contributed by atoms with van der Waals surface area (Å²) in [4.78, 5) is 32.7. The van der Waals surface area contributed by atoms with E-state index in [2.05, 4.69) is 52.8 Å². The van der Waals surface area contributed by atoms with Gasteiger partial charge in [-0.15, -0.1) is 0 Å². The van der Waals surface area contributed by atoms with Crippen molar-refractivity contribution in [2.24, 2.45) is 0 Å². The average molecular weight is 483 g/mol. The third-order valence-electron chi connectivity index (χ3n) is 7.21. The molecule has 9 heteroatoms. The third kappa shape index (κ3) is 4.69. The van der Waals surface area contributed by atoms with Crippen LogP contribution in [0.3, 0.4) is 0 Å². The number of piperazine rings is 1.